The van der Waals surface area contributed by atoms with Crippen molar-refractivity contribution in [1.29, 1.82) is 0 Å². The molecule has 2 saturated carbocycles. The summed E-state index contributed by atoms with van der Waals surface area (Å²) in [6.07, 6.45) is 1.00. The van der Waals surface area contributed by atoms with Crippen molar-refractivity contribution in [1.82, 2.24) is 4.90 Å². The number of cyclic esters (lactones) is 1. The number of nitrogens with zero attached hydrogens (tertiary/aromatic N) is 1. The smallest absolute Gasteiger partial charge is 0.417 e. The summed E-state index contributed by atoms with van der Waals surface area (Å²) in [6.45, 7) is 4.33. The number of aliphatic carboxylic acids is 1. The summed E-state index contributed by atoms with van der Waals surface area (Å²) in [5.41, 5.74) is 2.91. The van der Waals surface area contributed by atoms with Crippen LogP contribution in [0.3, 0.4) is 0 Å². The second kappa shape index (κ2) is 17.3. The van der Waals surface area contributed by atoms with Crippen LogP contribution in [0.5, 0.6) is 0 Å². The zero-order valence-corrected chi connectivity index (χ0v) is 28.5. The Labute approximate surface area is 290 Å². The summed E-state index contributed by atoms with van der Waals surface area (Å²) >= 11 is 0. The molecule has 0 unspecified atom stereocenters. The standard InChI is InChI=1S/C20H19NO3.C11H12O2.CH4.5H2S/c1-20(15-10-6-3-7-11-15)12-16(20)18(22)21-17(13-24-19(21)23)14-8-4-2-5-9-14;1-11(7-9(11)10(12)13)8-5-3-2-4-6-8;;;;;;/h2-11,16-17H,12-13H2,1H3;2-6,9H,7H2,1H3,(H,12,13);1H4;5*1H2/t16-,17-,20-;9-,11-;;;;;;/m11....../s1. The first kappa shape index (κ1) is 43.0. The van der Waals surface area contributed by atoms with Gasteiger partial charge in [0.25, 0.3) is 0 Å². The van der Waals surface area contributed by atoms with Gasteiger partial charge in [-0.15, -0.1) is 0 Å². The third-order valence-electron chi connectivity index (χ3n) is 8.23. The van der Waals surface area contributed by atoms with Gasteiger partial charge in [-0.25, -0.2) is 9.69 Å². The number of rotatable bonds is 5. The van der Waals surface area contributed by atoms with E-state index in [0.717, 1.165) is 29.5 Å². The van der Waals surface area contributed by atoms with Crippen LogP contribution in [0.2, 0.25) is 0 Å². The minimum absolute atomic E-state index is 0. The lowest BCUT2D eigenvalue weighted by atomic mass is 9.95. The maximum atomic E-state index is 13.0. The van der Waals surface area contributed by atoms with Crippen LogP contribution >= 0.6 is 67.5 Å². The molecule has 238 valence electrons. The van der Waals surface area contributed by atoms with Gasteiger partial charge in [0, 0.05) is 16.7 Å². The molecule has 1 N–H and O–H groups in total. The Morgan fingerprint density at radius 3 is 1.53 bits per heavy atom. The first-order valence-electron chi connectivity index (χ1n) is 12.6. The fourth-order valence-electron chi connectivity index (χ4n) is 5.48. The van der Waals surface area contributed by atoms with Crippen molar-refractivity contribution in [2.24, 2.45) is 11.8 Å². The van der Waals surface area contributed by atoms with Crippen LogP contribution in [-0.4, -0.2) is 34.6 Å². The van der Waals surface area contributed by atoms with E-state index in [2.05, 4.69) is 6.92 Å². The number of carbonyl (C=O) groups excluding carboxylic acids is 2. The third kappa shape index (κ3) is 8.72. The molecule has 2 aliphatic carbocycles. The van der Waals surface area contributed by atoms with E-state index >= 15 is 0 Å². The average molecular weight is 684 g/mol. The minimum atomic E-state index is -0.675. The lowest BCUT2D eigenvalue weighted by Crippen LogP contribution is -2.36. The molecule has 1 aliphatic heterocycles. The molecule has 5 atom stereocenters. The zero-order valence-electron chi connectivity index (χ0n) is 23.5. The number of imide groups is 1. The van der Waals surface area contributed by atoms with Crippen LogP contribution in [0, 0.1) is 11.8 Å². The molecular formula is C32H45NO5S5. The predicted molar refractivity (Wildman–Crippen MR) is 197 cm³/mol. The van der Waals surface area contributed by atoms with Crippen LogP contribution in [-0.2, 0) is 25.2 Å². The third-order valence-corrected chi connectivity index (χ3v) is 8.23. The van der Waals surface area contributed by atoms with Crippen LogP contribution in [0.25, 0.3) is 0 Å². The summed E-state index contributed by atoms with van der Waals surface area (Å²) in [7, 11) is 0. The van der Waals surface area contributed by atoms with Gasteiger partial charge in [-0.2, -0.15) is 67.5 Å². The SMILES string of the molecule is C.C[C@]1(c2ccccc2)C[C@@H]1C(=O)N1C(=O)OC[C@@H]1c1ccccc1.C[C@]1(c2ccccc2)C[C@@H]1C(=O)O.S.S.S.S.S. The summed E-state index contributed by atoms with van der Waals surface area (Å²) in [5, 5.41) is 8.85. The Kier molecular flexibility index (Phi) is 17.3. The van der Waals surface area contributed by atoms with Crippen molar-refractivity contribution < 1.29 is 24.2 Å². The molecule has 2 amide bonds. The molecule has 3 aromatic carbocycles. The molecule has 0 spiro atoms. The number of ether oxygens (including phenoxy) is 1. The average Bonchev–Trinajstić information content (AvgIpc) is 3.78. The number of hydrogen-bond acceptors (Lipinski definition) is 4. The van der Waals surface area contributed by atoms with E-state index in [9.17, 15) is 14.4 Å². The second-order valence-corrected chi connectivity index (χ2v) is 10.6. The van der Waals surface area contributed by atoms with Crippen LogP contribution in [0.1, 0.15) is 56.8 Å². The lowest BCUT2D eigenvalue weighted by molar-refractivity contribution is -0.139. The number of benzene rings is 3. The summed E-state index contributed by atoms with van der Waals surface area (Å²) in [4.78, 5) is 37.2. The first-order valence-corrected chi connectivity index (χ1v) is 12.6. The van der Waals surface area contributed by atoms with Gasteiger partial charge in [0.2, 0.25) is 5.91 Å². The summed E-state index contributed by atoms with van der Waals surface area (Å²) < 4.78 is 5.17. The Morgan fingerprint density at radius 1 is 0.721 bits per heavy atom. The van der Waals surface area contributed by atoms with E-state index in [1.165, 1.54) is 4.90 Å². The predicted octanol–water partition coefficient (Wildman–Crippen LogP) is 6.93. The fourth-order valence-corrected chi connectivity index (χ4v) is 5.48. The number of carboxylic acid groups (broad SMARTS) is 1. The van der Waals surface area contributed by atoms with E-state index < -0.39 is 12.1 Å². The molecule has 11 heteroatoms. The van der Waals surface area contributed by atoms with Gasteiger partial charge in [0.05, 0.1) is 5.92 Å². The molecule has 1 saturated heterocycles. The molecule has 3 aromatic rings. The van der Waals surface area contributed by atoms with Gasteiger partial charge in [-0.1, -0.05) is 112 Å². The molecule has 0 radical (unpaired) electrons. The Balaban J connectivity index is 0. The van der Waals surface area contributed by atoms with E-state index in [0.29, 0.717) is 0 Å². The van der Waals surface area contributed by atoms with Crippen molar-refractivity contribution in [3.8, 4) is 0 Å². The highest BCUT2D eigenvalue weighted by Crippen LogP contribution is 2.56. The van der Waals surface area contributed by atoms with Gasteiger partial charge < -0.3 is 9.84 Å². The van der Waals surface area contributed by atoms with Gasteiger partial charge in [0.15, 0.2) is 0 Å². The summed E-state index contributed by atoms with van der Waals surface area (Å²) in [5.74, 6) is -1.16. The summed E-state index contributed by atoms with van der Waals surface area (Å²) in [6, 6.07) is 29.2. The van der Waals surface area contributed by atoms with Gasteiger partial charge >= 0.3 is 12.1 Å². The van der Waals surface area contributed by atoms with E-state index in [4.69, 9.17) is 9.84 Å². The Bertz CT molecular complexity index is 1320. The largest absolute Gasteiger partial charge is 0.481 e. The van der Waals surface area contributed by atoms with Gasteiger partial charge in [-0.05, 0) is 29.5 Å². The topological polar surface area (TPSA) is 83.9 Å². The van der Waals surface area contributed by atoms with Crippen LogP contribution in [0.15, 0.2) is 91.0 Å². The Hall–Kier alpha value is -2.18. The molecule has 43 heavy (non-hydrogen) atoms. The molecule has 0 aromatic heterocycles. The first-order chi connectivity index (χ1) is 17.8. The van der Waals surface area contributed by atoms with Crippen molar-refractivity contribution in [3.63, 3.8) is 0 Å². The number of carboxylic acids is 1. The zero-order chi connectivity index (χ0) is 26.2. The number of carbonyl (C=O) groups is 3. The van der Waals surface area contributed by atoms with E-state index in [1.54, 1.807) is 0 Å². The molecule has 3 fully saturated rings. The van der Waals surface area contributed by atoms with Crippen molar-refractivity contribution >= 4 is 85.4 Å². The molecule has 1 heterocycles. The van der Waals surface area contributed by atoms with E-state index in [1.807, 2.05) is 97.9 Å². The Morgan fingerprint density at radius 2 is 1.12 bits per heavy atom. The van der Waals surface area contributed by atoms with Crippen molar-refractivity contribution in [3.05, 3.63) is 108 Å². The maximum Gasteiger partial charge on any atom is 0.417 e. The van der Waals surface area contributed by atoms with Crippen molar-refractivity contribution in [2.45, 2.75) is 51.0 Å². The highest BCUT2D eigenvalue weighted by atomic mass is 32.1. The van der Waals surface area contributed by atoms with Crippen molar-refractivity contribution in [2.75, 3.05) is 6.61 Å². The van der Waals surface area contributed by atoms with Crippen LogP contribution in [0.4, 0.5) is 4.79 Å². The maximum absolute atomic E-state index is 13.0. The fraction of sp³-hybridized carbons (Fsp3) is 0.344. The molecule has 6 nitrogen and oxygen atoms in total. The normalized spacial score (nSPS) is 25.4. The minimum Gasteiger partial charge on any atom is -0.481 e. The number of hydrogen-bond donors (Lipinski definition) is 1. The molecule has 3 aliphatic rings. The van der Waals surface area contributed by atoms with Crippen LogP contribution < -0.4 is 0 Å². The van der Waals surface area contributed by atoms with Gasteiger partial charge in [0.1, 0.15) is 12.6 Å². The number of amides is 2. The molecule has 6 rings (SSSR count). The van der Waals surface area contributed by atoms with E-state index in [-0.39, 0.29) is 116 Å². The molecular weight excluding hydrogens is 639 g/mol. The molecule has 0 bridgehead atoms. The second-order valence-electron chi connectivity index (χ2n) is 10.6. The highest BCUT2D eigenvalue weighted by molar-refractivity contribution is 7.60. The highest BCUT2D eigenvalue weighted by Gasteiger charge is 2.59. The quantitative estimate of drug-likeness (QED) is 0.315. The van der Waals surface area contributed by atoms with Gasteiger partial charge in [-0.3, -0.25) is 9.59 Å². The monoisotopic (exact) mass is 683 g/mol. The lowest BCUT2D eigenvalue weighted by Gasteiger charge is -2.21.